The number of aliphatic hydroxyl groups excluding tert-OH is 1. The maximum Gasteiger partial charge on any atom is 0.414 e. The minimum Gasteiger partial charge on any atom is -0.473 e. The van der Waals surface area contributed by atoms with Gasteiger partial charge in [-0.2, -0.15) is 0 Å². The highest BCUT2D eigenvalue weighted by molar-refractivity contribution is 6.27. The van der Waals surface area contributed by atoms with E-state index in [-0.39, 0.29) is 6.10 Å². The molecule has 2 aliphatic heterocycles. The van der Waals surface area contributed by atoms with Gasteiger partial charge in [-0.15, -0.1) is 0 Å². The number of aliphatic hydroxyl groups is 1. The summed E-state index contributed by atoms with van der Waals surface area (Å²) in [6, 6.07) is 0.615. The van der Waals surface area contributed by atoms with Gasteiger partial charge >= 0.3 is 11.9 Å². The lowest BCUT2D eigenvalue weighted by Crippen LogP contribution is -2.47. The van der Waals surface area contributed by atoms with E-state index in [1.807, 2.05) is 0 Å². The van der Waals surface area contributed by atoms with E-state index in [1.165, 1.54) is 0 Å². The van der Waals surface area contributed by atoms with Gasteiger partial charge < -0.3 is 20.6 Å². The third-order valence-electron chi connectivity index (χ3n) is 2.64. The van der Waals surface area contributed by atoms with Crippen molar-refractivity contribution in [3.8, 4) is 0 Å². The summed E-state index contributed by atoms with van der Waals surface area (Å²) < 4.78 is 0. The van der Waals surface area contributed by atoms with Gasteiger partial charge in [-0.05, 0) is 6.42 Å². The number of carbonyl (C=O) groups is 2. The molecule has 2 fully saturated rings. The lowest BCUT2D eigenvalue weighted by atomic mass is 10.2. The van der Waals surface area contributed by atoms with E-state index >= 15 is 0 Å². The van der Waals surface area contributed by atoms with Crippen LogP contribution in [0, 0.1) is 0 Å². The summed E-state index contributed by atoms with van der Waals surface area (Å²) in [4.78, 5) is 20.6. The fraction of sp³-hybridized carbons (Fsp3) is 0.778. The zero-order chi connectivity index (χ0) is 12.1. The second-order valence-corrected chi connectivity index (χ2v) is 3.85. The molecule has 1 unspecified atom stereocenters. The van der Waals surface area contributed by atoms with Crippen molar-refractivity contribution in [2.75, 3.05) is 26.2 Å². The summed E-state index contributed by atoms with van der Waals surface area (Å²) in [5.41, 5.74) is 0. The first kappa shape index (κ1) is 12.9. The number of aliphatic carboxylic acids is 2. The number of piperazine rings is 1. The van der Waals surface area contributed by atoms with Crippen molar-refractivity contribution in [1.29, 1.82) is 0 Å². The van der Waals surface area contributed by atoms with E-state index in [1.54, 1.807) is 0 Å². The molecule has 2 atom stereocenters. The highest BCUT2D eigenvalue weighted by atomic mass is 16.4. The van der Waals surface area contributed by atoms with Crippen LogP contribution in [0.25, 0.3) is 0 Å². The summed E-state index contributed by atoms with van der Waals surface area (Å²) in [5.74, 6) is -3.65. The Morgan fingerprint density at radius 3 is 2.38 bits per heavy atom. The summed E-state index contributed by atoms with van der Waals surface area (Å²) >= 11 is 0. The first-order chi connectivity index (χ1) is 7.50. The Hall–Kier alpha value is -1.18. The monoisotopic (exact) mass is 232 g/mol. The predicted octanol–water partition coefficient (Wildman–Crippen LogP) is -1.82. The lowest BCUT2D eigenvalue weighted by Gasteiger charge is -2.29. The van der Waals surface area contributed by atoms with Crippen LogP contribution in [0.1, 0.15) is 6.42 Å². The molecule has 0 aromatic rings. The maximum absolute atomic E-state index is 9.29. The van der Waals surface area contributed by atoms with Crippen LogP contribution in [0.15, 0.2) is 0 Å². The number of carboxylic acids is 2. The van der Waals surface area contributed by atoms with Gasteiger partial charge in [0.15, 0.2) is 0 Å². The van der Waals surface area contributed by atoms with E-state index in [4.69, 9.17) is 19.8 Å². The molecular formula is C9H16N2O5. The molecule has 7 heteroatoms. The van der Waals surface area contributed by atoms with Crippen LogP contribution in [0.2, 0.25) is 0 Å². The standard InChI is InChI=1S/C7H14N2O.C2H2O4/c10-7-3-6-4-8-1-2-9(6)5-7;3-1(4)2(5)6/h6-8,10H,1-5H2;(H,3,4)(H,5,6)/t6-,7?;/m0./s1. The van der Waals surface area contributed by atoms with E-state index in [2.05, 4.69) is 10.2 Å². The van der Waals surface area contributed by atoms with Gasteiger partial charge in [-0.25, -0.2) is 9.59 Å². The van der Waals surface area contributed by atoms with Gasteiger partial charge in [-0.3, -0.25) is 4.90 Å². The van der Waals surface area contributed by atoms with Crippen LogP contribution in [0.4, 0.5) is 0 Å². The first-order valence-corrected chi connectivity index (χ1v) is 5.09. The van der Waals surface area contributed by atoms with Crippen molar-refractivity contribution in [2.24, 2.45) is 0 Å². The van der Waals surface area contributed by atoms with Crippen LogP contribution in [0.3, 0.4) is 0 Å². The van der Waals surface area contributed by atoms with Crippen molar-refractivity contribution < 1.29 is 24.9 Å². The topological polar surface area (TPSA) is 110 Å². The van der Waals surface area contributed by atoms with Crippen LogP contribution < -0.4 is 5.32 Å². The number of hydrogen-bond acceptors (Lipinski definition) is 5. The quantitative estimate of drug-likeness (QED) is 0.364. The van der Waals surface area contributed by atoms with Crippen LogP contribution in [-0.4, -0.2) is 70.5 Å². The zero-order valence-corrected chi connectivity index (χ0v) is 8.80. The largest absolute Gasteiger partial charge is 0.473 e. The second-order valence-electron chi connectivity index (χ2n) is 3.85. The molecule has 16 heavy (non-hydrogen) atoms. The summed E-state index contributed by atoms with van der Waals surface area (Å²) in [6.45, 7) is 4.16. The highest BCUT2D eigenvalue weighted by Crippen LogP contribution is 2.18. The molecule has 0 radical (unpaired) electrons. The number of fused-ring (bicyclic) bond motifs is 1. The molecule has 0 aliphatic carbocycles. The smallest absolute Gasteiger partial charge is 0.414 e. The van der Waals surface area contributed by atoms with Gasteiger partial charge in [0.1, 0.15) is 0 Å². The molecule has 0 spiro atoms. The van der Waals surface area contributed by atoms with Crippen LogP contribution in [0.5, 0.6) is 0 Å². The molecule has 0 aromatic heterocycles. The fourth-order valence-electron chi connectivity index (χ4n) is 1.94. The molecule has 92 valence electrons. The lowest BCUT2D eigenvalue weighted by molar-refractivity contribution is -0.159. The van der Waals surface area contributed by atoms with E-state index in [0.29, 0.717) is 6.04 Å². The third-order valence-corrected chi connectivity index (χ3v) is 2.64. The summed E-state index contributed by atoms with van der Waals surface area (Å²) in [5, 5.41) is 27.4. The number of nitrogens with one attached hydrogen (secondary N) is 1. The molecule has 0 amide bonds. The Morgan fingerprint density at radius 1 is 1.25 bits per heavy atom. The predicted molar refractivity (Wildman–Crippen MR) is 54.1 cm³/mol. The fourth-order valence-corrected chi connectivity index (χ4v) is 1.94. The average Bonchev–Trinajstić information content (AvgIpc) is 2.58. The summed E-state index contributed by atoms with van der Waals surface area (Å²) in [6.07, 6.45) is 0.900. The van der Waals surface area contributed by atoms with E-state index in [0.717, 1.165) is 32.6 Å². The average molecular weight is 232 g/mol. The van der Waals surface area contributed by atoms with Crippen molar-refractivity contribution in [3.63, 3.8) is 0 Å². The number of carboxylic acid groups (broad SMARTS) is 2. The van der Waals surface area contributed by atoms with Crippen LogP contribution >= 0.6 is 0 Å². The minimum atomic E-state index is -1.82. The highest BCUT2D eigenvalue weighted by Gasteiger charge is 2.31. The number of nitrogens with zero attached hydrogens (tertiary/aromatic N) is 1. The van der Waals surface area contributed by atoms with Gasteiger partial charge in [0, 0.05) is 32.2 Å². The Balaban J connectivity index is 0.000000187. The number of rotatable bonds is 0. The third kappa shape index (κ3) is 3.76. The molecule has 0 aromatic carbocycles. The Morgan fingerprint density at radius 2 is 1.88 bits per heavy atom. The van der Waals surface area contributed by atoms with Crippen LogP contribution in [-0.2, 0) is 9.59 Å². The molecule has 0 saturated carbocycles. The molecule has 2 heterocycles. The first-order valence-electron chi connectivity index (χ1n) is 5.09. The zero-order valence-electron chi connectivity index (χ0n) is 8.80. The second kappa shape index (κ2) is 5.78. The maximum atomic E-state index is 9.29. The molecule has 2 rings (SSSR count). The van der Waals surface area contributed by atoms with Gasteiger partial charge in [0.25, 0.3) is 0 Å². The summed E-state index contributed by atoms with van der Waals surface area (Å²) in [7, 11) is 0. The van der Waals surface area contributed by atoms with Crippen molar-refractivity contribution in [3.05, 3.63) is 0 Å². The molecule has 0 bridgehead atoms. The van der Waals surface area contributed by atoms with Crippen molar-refractivity contribution in [2.45, 2.75) is 18.6 Å². The van der Waals surface area contributed by atoms with E-state index < -0.39 is 11.9 Å². The van der Waals surface area contributed by atoms with E-state index in [9.17, 15) is 5.11 Å². The van der Waals surface area contributed by atoms with Gasteiger partial charge in [0.2, 0.25) is 0 Å². The molecular weight excluding hydrogens is 216 g/mol. The molecule has 2 aliphatic rings. The van der Waals surface area contributed by atoms with Gasteiger partial charge in [-0.1, -0.05) is 0 Å². The Bertz CT molecular complexity index is 245. The molecule has 2 saturated heterocycles. The van der Waals surface area contributed by atoms with Crippen molar-refractivity contribution >= 4 is 11.9 Å². The molecule has 4 N–H and O–H groups in total. The number of hydrogen-bond donors (Lipinski definition) is 4. The normalized spacial score (nSPS) is 28.8. The molecule has 7 nitrogen and oxygen atoms in total. The SMILES string of the molecule is O=C(O)C(=O)O.OC1C[C@H]2CNCCN2C1. The Kier molecular flexibility index (Phi) is 4.66. The van der Waals surface area contributed by atoms with Crippen molar-refractivity contribution in [1.82, 2.24) is 10.2 Å². The van der Waals surface area contributed by atoms with Gasteiger partial charge in [0.05, 0.1) is 6.10 Å². The minimum absolute atomic E-state index is 0.0649. The Labute approximate surface area is 92.7 Å².